The van der Waals surface area contributed by atoms with Gasteiger partial charge in [-0.25, -0.2) is 4.98 Å². The van der Waals surface area contributed by atoms with Crippen LogP contribution in [0, 0.1) is 6.92 Å². The molecule has 1 aromatic heterocycles. The molecular formula is C29H29Br2N3O4. The van der Waals surface area contributed by atoms with Crippen molar-refractivity contribution >= 4 is 49.0 Å². The van der Waals surface area contributed by atoms with Crippen LogP contribution in [0.5, 0.6) is 17.2 Å². The fourth-order valence-electron chi connectivity index (χ4n) is 4.22. The first-order valence-electron chi connectivity index (χ1n) is 12.2. The average molecular weight is 643 g/mol. The Hall–Kier alpha value is -3.17. The van der Waals surface area contributed by atoms with E-state index in [1.165, 1.54) is 4.68 Å². The smallest absolute Gasteiger partial charge is 0.282 e. The molecular weight excluding hydrogens is 614 g/mol. The lowest BCUT2D eigenvalue weighted by atomic mass is 9.96. The Labute approximate surface area is 238 Å². The van der Waals surface area contributed by atoms with Gasteiger partial charge in [0, 0.05) is 15.6 Å². The molecule has 0 bridgehead atoms. The van der Waals surface area contributed by atoms with Crippen molar-refractivity contribution in [3.8, 4) is 28.6 Å². The molecule has 0 amide bonds. The molecule has 0 aliphatic rings. The largest absolute Gasteiger partial charge is 0.496 e. The highest BCUT2D eigenvalue weighted by Gasteiger charge is 2.19. The lowest BCUT2D eigenvalue weighted by molar-refractivity contribution is 0.308. The normalized spacial score (nSPS) is 11.5. The third-order valence-corrected chi connectivity index (χ3v) is 8.31. The van der Waals surface area contributed by atoms with E-state index < -0.39 is 0 Å². The summed E-state index contributed by atoms with van der Waals surface area (Å²) in [7, 11) is 3.24. The zero-order valence-corrected chi connectivity index (χ0v) is 25.3. The monoisotopic (exact) mass is 641 g/mol. The van der Waals surface area contributed by atoms with E-state index >= 15 is 0 Å². The van der Waals surface area contributed by atoms with Crippen LogP contribution in [-0.2, 0) is 0 Å². The Morgan fingerprint density at radius 3 is 2.42 bits per heavy atom. The number of methoxy groups -OCH3 is 2. The summed E-state index contributed by atoms with van der Waals surface area (Å²) >= 11 is 7.21. The van der Waals surface area contributed by atoms with Crippen LogP contribution in [0.15, 0.2) is 61.3 Å². The topological polar surface area (TPSA) is 74.9 Å². The molecule has 1 heterocycles. The highest BCUT2D eigenvalue weighted by molar-refractivity contribution is 9.13. The van der Waals surface area contributed by atoms with Crippen molar-refractivity contribution in [2.45, 2.75) is 33.6 Å². The predicted molar refractivity (Wildman–Crippen MR) is 159 cm³/mol. The number of ether oxygens (including phenoxy) is 3. The minimum atomic E-state index is -0.267. The fraction of sp³-hybridized carbons (Fsp3) is 0.276. The highest BCUT2D eigenvalue weighted by atomic mass is 79.9. The summed E-state index contributed by atoms with van der Waals surface area (Å²) in [4.78, 5) is 18.6. The fourth-order valence-corrected chi connectivity index (χ4v) is 5.16. The van der Waals surface area contributed by atoms with Gasteiger partial charge in [-0.3, -0.25) is 4.79 Å². The van der Waals surface area contributed by atoms with Crippen molar-refractivity contribution in [2.24, 2.45) is 5.10 Å². The summed E-state index contributed by atoms with van der Waals surface area (Å²) in [6.07, 6.45) is 1.61. The maximum absolute atomic E-state index is 13.7. The quantitative estimate of drug-likeness (QED) is 0.188. The maximum Gasteiger partial charge on any atom is 0.282 e. The van der Waals surface area contributed by atoms with Gasteiger partial charge in [0.1, 0.15) is 5.75 Å². The minimum Gasteiger partial charge on any atom is -0.496 e. The summed E-state index contributed by atoms with van der Waals surface area (Å²) in [5.41, 5.74) is 3.78. The molecule has 0 atom stereocenters. The number of halogens is 2. The molecule has 0 spiro atoms. The third-order valence-electron chi connectivity index (χ3n) is 6.17. The molecule has 0 aliphatic carbocycles. The van der Waals surface area contributed by atoms with E-state index in [1.54, 1.807) is 32.6 Å². The molecule has 0 unspecified atom stereocenters. The van der Waals surface area contributed by atoms with Crippen LogP contribution < -0.4 is 19.8 Å². The molecule has 198 valence electrons. The second-order valence-electron chi connectivity index (χ2n) is 8.94. The molecule has 0 N–H and O–H groups in total. The zero-order chi connectivity index (χ0) is 27.6. The Balaban J connectivity index is 1.98. The van der Waals surface area contributed by atoms with Crippen molar-refractivity contribution in [1.82, 2.24) is 9.66 Å². The SMILES string of the molecule is CCOc1c(OC)cc(C=Nn2c(-c3cc(C(C)C)c(OC)cc3C)nc3ccccc3c2=O)c(Br)c1Br. The Kier molecular flexibility index (Phi) is 8.57. The predicted octanol–water partition coefficient (Wildman–Crippen LogP) is 7.32. The number of aromatic nitrogens is 2. The number of nitrogens with zero attached hydrogens (tertiary/aromatic N) is 3. The van der Waals surface area contributed by atoms with Gasteiger partial charge in [0.15, 0.2) is 17.3 Å². The van der Waals surface area contributed by atoms with E-state index in [1.807, 2.05) is 44.2 Å². The van der Waals surface area contributed by atoms with E-state index in [0.717, 1.165) is 26.9 Å². The zero-order valence-electron chi connectivity index (χ0n) is 22.1. The van der Waals surface area contributed by atoms with E-state index in [0.29, 0.717) is 44.9 Å². The first-order chi connectivity index (χ1) is 18.2. The van der Waals surface area contributed by atoms with Crippen molar-refractivity contribution in [3.05, 3.63) is 78.5 Å². The average Bonchev–Trinajstić information content (AvgIpc) is 2.91. The Morgan fingerprint density at radius 1 is 1.05 bits per heavy atom. The number of para-hydroxylation sites is 1. The molecule has 7 nitrogen and oxygen atoms in total. The number of hydrogen-bond donors (Lipinski definition) is 0. The summed E-state index contributed by atoms with van der Waals surface area (Å²) in [6, 6.07) is 13.1. The molecule has 0 radical (unpaired) electrons. The van der Waals surface area contributed by atoms with Crippen LogP contribution in [0.2, 0.25) is 0 Å². The van der Waals surface area contributed by atoms with Crippen molar-refractivity contribution in [2.75, 3.05) is 20.8 Å². The molecule has 0 fully saturated rings. The number of fused-ring (bicyclic) bond motifs is 1. The summed E-state index contributed by atoms with van der Waals surface area (Å²) in [5.74, 6) is 2.58. The van der Waals surface area contributed by atoms with Gasteiger partial charge in [0.05, 0.1) is 42.4 Å². The van der Waals surface area contributed by atoms with Gasteiger partial charge in [-0.1, -0.05) is 26.0 Å². The van der Waals surface area contributed by atoms with Crippen molar-refractivity contribution in [3.63, 3.8) is 0 Å². The van der Waals surface area contributed by atoms with Crippen LogP contribution in [0.25, 0.3) is 22.3 Å². The summed E-state index contributed by atoms with van der Waals surface area (Å²) in [6.45, 7) is 8.56. The molecule has 0 aliphatic heterocycles. The lowest BCUT2D eigenvalue weighted by Gasteiger charge is -2.17. The van der Waals surface area contributed by atoms with Gasteiger partial charge in [-0.05, 0) is 93.1 Å². The van der Waals surface area contributed by atoms with E-state index in [2.05, 4.69) is 50.8 Å². The molecule has 9 heteroatoms. The molecule has 38 heavy (non-hydrogen) atoms. The Bertz CT molecular complexity index is 1600. The van der Waals surface area contributed by atoms with Gasteiger partial charge in [0.2, 0.25) is 0 Å². The Morgan fingerprint density at radius 2 is 1.76 bits per heavy atom. The van der Waals surface area contributed by atoms with E-state index in [-0.39, 0.29) is 11.5 Å². The van der Waals surface area contributed by atoms with Crippen LogP contribution >= 0.6 is 31.9 Å². The molecule has 0 saturated heterocycles. The first-order valence-corrected chi connectivity index (χ1v) is 13.7. The first kappa shape index (κ1) is 27.9. The highest BCUT2D eigenvalue weighted by Crippen LogP contribution is 2.42. The van der Waals surface area contributed by atoms with Crippen molar-refractivity contribution < 1.29 is 14.2 Å². The van der Waals surface area contributed by atoms with Gasteiger partial charge in [-0.15, -0.1) is 0 Å². The van der Waals surface area contributed by atoms with Gasteiger partial charge in [0.25, 0.3) is 5.56 Å². The van der Waals surface area contributed by atoms with E-state index in [9.17, 15) is 4.79 Å². The van der Waals surface area contributed by atoms with Crippen LogP contribution in [0.4, 0.5) is 0 Å². The van der Waals surface area contributed by atoms with Gasteiger partial charge in [-0.2, -0.15) is 9.78 Å². The second kappa shape index (κ2) is 11.7. The molecule has 4 rings (SSSR count). The van der Waals surface area contributed by atoms with Crippen molar-refractivity contribution in [1.29, 1.82) is 0 Å². The third kappa shape index (κ3) is 5.22. The number of aryl methyl sites for hydroxylation is 1. The molecule has 0 saturated carbocycles. The molecule has 4 aromatic rings. The van der Waals surface area contributed by atoms with Crippen LogP contribution in [0.1, 0.15) is 43.4 Å². The van der Waals surface area contributed by atoms with E-state index in [4.69, 9.17) is 19.2 Å². The summed E-state index contributed by atoms with van der Waals surface area (Å²) in [5, 5.41) is 5.13. The van der Waals surface area contributed by atoms with Gasteiger partial charge >= 0.3 is 0 Å². The number of rotatable bonds is 8. The number of benzene rings is 3. The van der Waals surface area contributed by atoms with Crippen LogP contribution in [0.3, 0.4) is 0 Å². The van der Waals surface area contributed by atoms with Gasteiger partial charge < -0.3 is 14.2 Å². The maximum atomic E-state index is 13.7. The lowest BCUT2D eigenvalue weighted by Crippen LogP contribution is -2.21. The molecule has 3 aromatic carbocycles. The standard InChI is InChI=1S/C29H29Br2N3O4/c1-7-38-27-24(37-6)13-18(25(30)26(27)31)15-32-34-28(33-22-11-9-8-10-19(22)29(34)35)21-14-20(16(2)3)23(36-5)12-17(21)4/h8-16H,7H2,1-6H3. The number of hydrogen-bond acceptors (Lipinski definition) is 6. The minimum absolute atomic E-state index is 0.207. The second-order valence-corrected chi connectivity index (χ2v) is 10.5. The summed E-state index contributed by atoms with van der Waals surface area (Å²) < 4.78 is 19.7. The van der Waals surface area contributed by atoms with Crippen LogP contribution in [-0.4, -0.2) is 36.7 Å².